The highest BCUT2D eigenvalue weighted by atomic mass is 32.1. The first-order chi connectivity index (χ1) is 9.33. The number of rotatable bonds is 7. The van der Waals surface area contributed by atoms with Crippen molar-refractivity contribution in [1.29, 1.82) is 0 Å². The maximum Gasteiger partial charge on any atom is 0.124 e. The van der Waals surface area contributed by atoms with Gasteiger partial charge in [-0.15, -0.1) is 0 Å². The lowest BCUT2D eigenvalue weighted by Crippen LogP contribution is -2.09. The molecule has 1 heterocycles. The van der Waals surface area contributed by atoms with E-state index in [2.05, 4.69) is 22.1 Å². The topological polar surface area (TPSA) is 30.5 Å². The molecule has 0 unspecified atom stereocenters. The second kappa shape index (κ2) is 7.16. The summed E-state index contributed by atoms with van der Waals surface area (Å²) in [5.74, 6) is 1.78. The molecule has 0 aliphatic carbocycles. The van der Waals surface area contributed by atoms with Crippen LogP contribution in [0.25, 0.3) is 0 Å². The van der Waals surface area contributed by atoms with Gasteiger partial charge in [-0.2, -0.15) is 11.3 Å². The maximum atomic E-state index is 5.87. The van der Waals surface area contributed by atoms with Crippen molar-refractivity contribution < 1.29 is 9.47 Å². The number of ether oxygens (including phenoxy) is 2. The van der Waals surface area contributed by atoms with Crippen molar-refractivity contribution in [2.24, 2.45) is 0 Å². The second-order valence-corrected chi connectivity index (χ2v) is 5.01. The maximum absolute atomic E-state index is 5.87. The van der Waals surface area contributed by atoms with E-state index in [4.69, 9.17) is 9.47 Å². The van der Waals surface area contributed by atoms with E-state index in [1.807, 2.05) is 25.2 Å². The minimum atomic E-state index is 0.694. The number of benzene rings is 1. The van der Waals surface area contributed by atoms with Crippen LogP contribution in [0.3, 0.4) is 0 Å². The monoisotopic (exact) mass is 277 g/mol. The molecule has 1 aromatic carbocycles. The van der Waals surface area contributed by atoms with Gasteiger partial charge in [0.2, 0.25) is 0 Å². The normalized spacial score (nSPS) is 10.4. The molecule has 2 aromatic rings. The third-order valence-corrected chi connectivity index (χ3v) is 3.60. The van der Waals surface area contributed by atoms with Gasteiger partial charge in [0.15, 0.2) is 0 Å². The van der Waals surface area contributed by atoms with E-state index in [0.717, 1.165) is 30.0 Å². The molecule has 0 saturated heterocycles. The Morgan fingerprint density at radius 2 is 2.16 bits per heavy atom. The first-order valence-electron chi connectivity index (χ1n) is 6.29. The van der Waals surface area contributed by atoms with Crippen LogP contribution in [0.1, 0.15) is 11.1 Å². The molecule has 1 aromatic heterocycles. The fraction of sp³-hybridized carbons (Fsp3) is 0.333. The van der Waals surface area contributed by atoms with E-state index in [9.17, 15) is 0 Å². The van der Waals surface area contributed by atoms with E-state index in [0.29, 0.717) is 6.61 Å². The fourth-order valence-electron chi connectivity index (χ4n) is 1.87. The van der Waals surface area contributed by atoms with Gasteiger partial charge in [0.25, 0.3) is 0 Å². The Kier molecular flexibility index (Phi) is 5.24. The van der Waals surface area contributed by atoms with E-state index in [-0.39, 0.29) is 0 Å². The highest BCUT2D eigenvalue weighted by Crippen LogP contribution is 2.24. The summed E-state index contributed by atoms with van der Waals surface area (Å²) in [5, 5.41) is 7.40. The number of thiophene rings is 1. The third-order valence-electron chi connectivity index (χ3n) is 2.86. The minimum absolute atomic E-state index is 0.694. The predicted molar refractivity (Wildman–Crippen MR) is 79.3 cm³/mol. The Balaban J connectivity index is 1.98. The van der Waals surface area contributed by atoms with Gasteiger partial charge in [0.1, 0.15) is 11.5 Å². The average Bonchev–Trinajstić information content (AvgIpc) is 2.94. The lowest BCUT2D eigenvalue weighted by atomic mass is 10.2. The summed E-state index contributed by atoms with van der Waals surface area (Å²) in [5.41, 5.74) is 2.45. The molecular formula is C15H19NO2S. The number of methoxy groups -OCH3 is 1. The molecule has 0 amide bonds. The molecule has 0 radical (unpaired) electrons. The van der Waals surface area contributed by atoms with Gasteiger partial charge < -0.3 is 14.8 Å². The Hall–Kier alpha value is -1.52. The molecule has 102 valence electrons. The van der Waals surface area contributed by atoms with Crippen LogP contribution in [0.15, 0.2) is 35.0 Å². The molecule has 2 rings (SSSR count). The summed E-state index contributed by atoms with van der Waals surface area (Å²) in [6.45, 7) is 1.46. The van der Waals surface area contributed by atoms with Crippen LogP contribution < -0.4 is 14.8 Å². The van der Waals surface area contributed by atoms with Crippen molar-refractivity contribution in [3.05, 3.63) is 46.2 Å². The summed E-state index contributed by atoms with van der Waals surface area (Å²) < 4.78 is 11.1. The SMILES string of the molecule is CNCc1cc(OC)ccc1OCCc1ccsc1. The molecule has 4 heteroatoms. The van der Waals surface area contributed by atoms with E-state index in [1.165, 1.54) is 5.56 Å². The van der Waals surface area contributed by atoms with Gasteiger partial charge in [-0.1, -0.05) is 0 Å². The third kappa shape index (κ3) is 3.98. The summed E-state index contributed by atoms with van der Waals surface area (Å²) in [7, 11) is 3.60. The van der Waals surface area contributed by atoms with E-state index in [1.54, 1.807) is 18.4 Å². The first kappa shape index (κ1) is 13.9. The van der Waals surface area contributed by atoms with Crippen LogP contribution in [-0.2, 0) is 13.0 Å². The minimum Gasteiger partial charge on any atom is -0.497 e. The predicted octanol–water partition coefficient (Wildman–Crippen LogP) is 3.10. The lowest BCUT2D eigenvalue weighted by Gasteiger charge is -2.12. The lowest BCUT2D eigenvalue weighted by molar-refractivity contribution is 0.317. The Morgan fingerprint density at radius 1 is 1.26 bits per heavy atom. The van der Waals surface area contributed by atoms with Gasteiger partial charge in [-0.05, 0) is 47.6 Å². The standard InChI is InChI=1S/C15H19NO2S/c1-16-10-13-9-14(17-2)3-4-15(13)18-7-5-12-6-8-19-11-12/h3-4,6,8-9,11,16H,5,7,10H2,1-2H3. The van der Waals surface area contributed by atoms with Crippen LogP contribution in [0.5, 0.6) is 11.5 Å². The van der Waals surface area contributed by atoms with Crippen molar-refractivity contribution >= 4 is 11.3 Å². The molecule has 0 spiro atoms. The average molecular weight is 277 g/mol. The van der Waals surface area contributed by atoms with Gasteiger partial charge in [0, 0.05) is 18.5 Å². The molecule has 3 nitrogen and oxygen atoms in total. The van der Waals surface area contributed by atoms with Gasteiger partial charge in [-0.3, -0.25) is 0 Å². The second-order valence-electron chi connectivity index (χ2n) is 4.23. The Labute approximate surface area is 118 Å². The Morgan fingerprint density at radius 3 is 2.84 bits per heavy atom. The summed E-state index contributed by atoms with van der Waals surface area (Å²) in [4.78, 5) is 0. The van der Waals surface area contributed by atoms with Crippen molar-refractivity contribution in [1.82, 2.24) is 5.32 Å². The summed E-state index contributed by atoms with van der Waals surface area (Å²) >= 11 is 1.72. The van der Waals surface area contributed by atoms with E-state index < -0.39 is 0 Å². The number of nitrogens with one attached hydrogen (secondary N) is 1. The molecule has 0 aliphatic rings. The van der Waals surface area contributed by atoms with Crippen LogP contribution in [0.2, 0.25) is 0 Å². The zero-order chi connectivity index (χ0) is 13.5. The molecule has 0 aliphatic heterocycles. The van der Waals surface area contributed by atoms with Crippen molar-refractivity contribution in [2.45, 2.75) is 13.0 Å². The zero-order valence-corrected chi connectivity index (χ0v) is 12.1. The van der Waals surface area contributed by atoms with Crippen LogP contribution in [-0.4, -0.2) is 20.8 Å². The molecule has 0 fully saturated rings. The number of hydrogen-bond acceptors (Lipinski definition) is 4. The molecule has 0 saturated carbocycles. The zero-order valence-electron chi connectivity index (χ0n) is 11.3. The van der Waals surface area contributed by atoms with Crippen LogP contribution in [0, 0.1) is 0 Å². The van der Waals surface area contributed by atoms with Gasteiger partial charge in [0.05, 0.1) is 13.7 Å². The van der Waals surface area contributed by atoms with Crippen molar-refractivity contribution in [2.75, 3.05) is 20.8 Å². The van der Waals surface area contributed by atoms with E-state index >= 15 is 0 Å². The van der Waals surface area contributed by atoms with Crippen molar-refractivity contribution in [3.63, 3.8) is 0 Å². The largest absolute Gasteiger partial charge is 0.497 e. The highest BCUT2D eigenvalue weighted by molar-refractivity contribution is 7.07. The molecule has 0 atom stereocenters. The van der Waals surface area contributed by atoms with Crippen LogP contribution in [0.4, 0.5) is 0 Å². The molecule has 19 heavy (non-hydrogen) atoms. The fourth-order valence-corrected chi connectivity index (χ4v) is 2.57. The molecular weight excluding hydrogens is 258 g/mol. The molecule has 1 N–H and O–H groups in total. The van der Waals surface area contributed by atoms with Gasteiger partial charge >= 0.3 is 0 Å². The first-order valence-corrected chi connectivity index (χ1v) is 7.23. The molecule has 0 bridgehead atoms. The quantitative estimate of drug-likeness (QED) is 0.843. The van der Waals surface area contributed by atoms with Crippen molar-refractivity contribution in [3.8, 4) is 11.5 Å². The number of hydrogen-bond donors (Lipinski definition) is 1. The Bertz CT molecular complexity index is 497. The summed E-state index contributed by atoms with van der Waals surface area (Å²) in [6.07, 6.45) is 0.939. The highest BCUT2D eigenvalue weighted by Gasteiger charge is 2.05. The smallest absolute Gasteiger partial charge is 0.124 e. The van der Waals surface area contributed by atoms with Gasteiger partial charge in [-0.25, -0.2) is 0 Å². The van der Waals surface area contributed by atoms with Crippen LogP contribution >= 0.6 is 11.3 Å². The summed E-state index contributed by atoms with van der Waals surface area (Å²) in [6, 6.07) is 8.05.